The highest BCUT2D eigenvalue weighted by atomic mass is 14.3. The third-order valence-corrected chi connectivity index (χ3v) is 12.3. The van der Waals surface area contributed by atoms with Gasteiger partial charge in [0.05, 0.1) is 0 Å². The van der Waals surface area contributed by atoms with Crippen LogP contribution in [0.1, 0.15) is 28.2 Å². The Morgan fingerprint density at radius 3 is 1.08 bits per heavy atom. The highest BCUT2D eigenvalue weighted by molar-refractivity contribution is 6.30. The van der Waals surface area contributed by atoms with E-state index in [1.54, 1.807) is 0 Å². The van der Waals surface area contributed by atoms with Gasteiger partial charge in [-0.2, -0.15) is 0 Å². The van der Waals surface area contributed by atoms with E-state index in [1.807, 2.05) is 6.08 Å². The Morgan fingerprint density at radius 2 is 0.644 bits per heavy atom. The molecule has 11 rings (SSSR count). The quantitative estimate of drug-likeness (QED) is 0.136. The molecule has 10 aromatic carbocycles. The summed E-state index contributed by atoms with van der Waals surface area (Å²) in [5, 5.41) is 5.12. The van der Waals surface area contributed by atoms with Gasteiger partial charge in [0, 0.05) is 5.92 Å². The summed E-state index contributed by atoms with van der Waals surface area (Å²) in [5.41, 5.74) is 20.0. The summed E-state index contributed by atoms with van der Waals surface area (Å²) in [5.74, 6) is 0.134. The molecule has 59 heavy (non-hydrogen) atoms. The summed E-state index contributed by atoms with van der Waals surface area (Å²) >= 11 is 0. The first-order chi connectivity index (χ1) is 29.3. The normalized spacial score (nSPS) is 11.6. The lowest BCUT2D eigenvalue weighted by molar-refractivity contribution is 0.978. The Bertz CT molecular complexity index is 3030. The standard InChI is InChI=1S/C59H40/c1-2-39-27-29-40(30-28-39)47-35-37-51-57-52(59-55(45-23-13-6-14-24-45)50-26-16-15-25-49(50)54(58(51)59)44-21-11-5-12-22-44)38-36-48(56(47)57)41-31-33-46(34-32-41)53(42-17-7-3-8-18-42)43-19-9-4-10-20-43/h2-38,53H,1H2. The van der Waals surface area contributed by atoms with E-state index in [0.29, 0.717) is 0 Å². The molecule has 0 heterocycles. The van der Waals surface area contributed by atoms with Crippen LogP contribution in [0.25, 0.3) is 94.4 Å². The molecule has 0 aromatic heterocycles. The van der Waals surface area contributed by atoms with Crippen LogP contribution in [0.5, 0.6) is 0 Å². The first-order valence-corrected chi connectivity index (χ1v) is 20.5. The molecule has 0 fully saturated rings. The van der Waals surface area contributed by atoms with Crippen molar-refractivity contribution in [3.05, 3.63) is 247 Å². The molecule has 10 aromatic rings. The number of hydrogen-bond donors (Lipinski definition) is 0. The molecular weight excluding hydrogens is 709 g/mol. The molecule has 0 saturated carbocycles. The minimum atomic E-state index is 0.134. The zero-order chi connectivity index (χ0) is 39.3. The molecule has 276 valence electrons. The first-order valence-electron chi connectivity index (χ1n) is 20.5. The highest BCUT2D eigenvalue weighted by Crippen LogP contribution is 2.59. The Morgan fingerprint density at radius 1 is 0.288 bits per heavy atom. The third kappa shape index (κ3) is 5.76. The van der Waals surface area contributed by atoms with Crippen molar-refractivity contribution < 1.29 is 0 Å². The number of fused-ring (bicyclic) bond motifs is 4. The molecule has 0 unspecified atom stereocenters. The Kier molecular flexibility index (Phi) is 8.49. The van der Waals surface area contributed by atoms with Gasteiger partial charge in [-0.15, -0.1) is 0 Å². The molecule has 0 radical (unpaired) electrons. The van der Waals surface area contributed by atoms with E-state index >= 15 is 0 Å². The Labute approximate surface area is 346 Å². The molecule has 0 heteroatoms. The van der Waals surface area contributed by atoms with E-state index in [1.165, 1.54) is 105 Å². The van der Waals surface area contributed by atoms with Gasteiger partial charge in [-0.3, -0.25) is 0 Å². The zero-order valence-corrected chi connectivity index (χ0v) is 32.6. The molecular formula is C59H40. The van der Waals surface area contributed by atoms with Crippen molar-refractivity contribution in [3.8, 4) is 66.8 Å². The molecule has 1 aliphatic rings. The summed E-state index contributed by atoms with van der Waals surface area (Å²) in [6.07, 6.45) is 1.92. The van der Waals surface area contributed by atoms with Crippen molar-refractivity contribution in [2.75, 3.05) is 0 Å². The second-order valence-corrected chi connectivity index (χ2v) is 15.6. The molecule has 0 N–H and O–H groups in total. The second-order valence-electron chi connectivity index (χ2n) is 15.6. The smallest absolute Gasteiger partial charge is 0.0339 e. The van der Waals surface area contributed by atoms with Gasteiger partial charge in [0.15, 0.2) is 0 Å². The zero-order valence-electron chi connectivity index (χ0n) is 32.6. The molecule has 0 amide bonds. The van der Waals surface area contributed by atoms with Gasteiger partial charge < -0.3 is 0 Å². The van der Waals surface area contributed by atoms with Gasteiger partial charge in [-0.05, 0) is 111 Å². The number of hydrogen-bond acceptors (Lipinski definition) is 0. The predicted octanol–water partition coefficient (Wildman–Crippen LogP) is 16.1. The minimum Gasteiger partial charge on any atom is -0.0985 e. The SMILES string of the molecule is C=Cc1ccc(-c2ccc3c4c(ccc(-c5ccc(C(c6ccccc6)c6ccccc6)cc5)c24)-c2c-3c(-c3ccccc3)c3ccccc3c2-c2ccccc2)cc1. The summed E-state index contributed by atoms with van der Waals surface area (Å²) in [4.78, 5) is 0. The van der Waals surface area contributed by atoms with Crippen molar-refractivity contribution in [2.24, 2.45) is 0 Å². The molecule has 0 atom stereocenters. The maximum Gasteiger partial charge on any atom is 0.0339 e. The Balaban J connectivity index is 1.20. The van der Waals surface area contributed by atoms with Gasteiger partial charge in [0.2, 0.25) is 0 Å². The third-order valence-electron chi connectivity index (χ3n) is 12.3. The van der Waals surface area contributed by atoms with Gasteiger partial charge in [0.25, 0.3) is 0 Å². The fourth-order valence-corrected chi connectivity index (χ4v) is 9.70. The van der Waals surface area contributed by atoms with E-state index in [0.717, 1.165) is 5.56 Å². The van der Waals surface area contributed by atoms with Crippen LogP contribution in [0.2, 0.25) is 0 Å². The van der Waals surface area contributed by atoms with Crippen LogP contribution in [0.15, 0.2) is 225 Å². The molecule has 1 aliphatic carbocycles. The number of rotatable bonds is 8. The van der Waals surface area contributed by atoms with Gasteiger partial charge in [0.1, 0.15) is 0 Å². The van der Waals surface area contributed by atoms with Crippen LogP contribution >= 0.6 is 0 Å². The summed E-state index contributed by atoms with van der Waals surface area (Å²) in [6.45, 7) is 4.04. The molecule has 0 saturated heterocycles. The van der Waals surface area contributed by atoms with Crippen LogP contribution in [0.3, 0.4) is 0 Å². The van der Waals surface area contributed by atoms with Crippen molar-refractivity contribution in [1.82, 2.24) is 0 Å². The van der Waals surface area contributed by atoms with E-state index in [9.17, 15) is 0 Å². The summed E-state index contributed by atoms with van der Waals surface area (Å²) in [6, 6.07) is 80.4. The lowest BCUT2D eigenvalue weighted by Gasteiger charge is -2.20. The maximum absolute atomic E-state index is 4.04. The lowest BCUT2D eigenvalue weighted by Crippen LogP contribution is -2.03. The predicted molar refractivity (Wildman–Crippen MR) is 252 cm³/mol. The second kappa shape index (κ2) is 14.4. The van der Waals surface area contributed by atoms with Gasteiger partial charge in [-0.25, -0.2) is 0 Å². The van der Waals surface area contributed by atoms with Gasteiger partial charge in [-0.1, -0.05) is 231 Å². The largest absolute Gasteiger partial charge is 0.0985 e. The highest BCUT2D eigenvalue weighted by Gasteiger charge is 2.32. The monoisotopic (exact) mass is 748 g/mol. The van der Waals surface area contributed by atoms with Crippen LogP contribution in [-0.2, 0) is 0 Å². The molecule has 0 bridgehead atoms. The maximum atomic E-state index is 4.04. The average molecular weight is 749 g/mol. The van der Waals surface area contributed by atoms with Crippen molar-refractivity contribution in [2.45, 2.75) is 5.92 Å². The molecule has 0 aliphatic heterocycles. The molecule has 0 nitrogen and oxygen atoms in total. The Hall–Kier alpha value is -7.54. The van der Waals surface area contributed by atoms with E-state index in [4.69, 9.17) is 0 Å². The fraction of sp³-hybridized carbons (Fsp3) is 0.0169. The van der Waals surface area contributed by atoms with Gasteiger partial charge >= 0.3 is 0 Å². The van der Waals surface area contributed by atoms with Crippen LogP contribution in [-0.4, -0.2) is 0 Å². The lowest BCUT2D eigenvalue weighted by atomic mass is 9.82. The molecule has 0 spiro atoms. The topological polar surface area (TPSA) is 0 Å². The number of benzene rings is 10. The van der Waals surface area contributed by atoms with Crippen molar-refractivity contribution >= 4 is 27.6 Å². The van der Waals surface area contributed by atoms with Crippen LogP contribution in [0, 0.1) is 0 Å². The summed E-state index contributed by atoms with van der Waals surface area (Å²) < 4.78 is 0. The van der Waals surface area contributed by atoms with Crippen molar-refractivity contribution in [3.63, 3.8) is 0 Å². The average Bonchev–Trinajstić information content (AvgIpc) is 3.64. The van der Waals surface area contributed by atoms with Crippen LogP contribution < -0.4 is 0 Å². The van der Waals surface area contributed by atoms with Crippen LogP contribution in [0.4, 0.5) is 0 Å². The van der Waals surface area contributed by atoms with E-state index in [2.05, 4.69) is 225 Å². The fourth-order valence-electron chi connectivity index (χ4n) is 9.70. The first kappa shape index (κ1) is 34.7. The summed E-state index contributed by atoms with van der Waals surface area (Å²) in [7, 11) is 0. The van der Waals surface area contributed by atoms with E-state index in [-0.39, 0.29) is 5.92 Å². The minimum absolute atomic E-state index is 0.134. The van der Waals surface area contributed by atoms with E-state index < -0.39 is 0 Å². The van der Waals surface area contributed by atoms with Crippen molar-refractivity contribution in [1.29, 1.82) is 0 Å².